The van der Waals surface area contributed by atoms with Crippen LogP contribution in [0, 0.1) is 0 Å². The predicted molar refractivity (Wildman–Crippen MR) is 196 cm³/mol. The summed E-state index contributed by atoms with van der Waals surface area (Å²) in [5.41, 5.74) is 1.21. The maximum atomic E-state index is 14.1. The highest BCUT2D eigenvalue weighted by molar-refractivity contribution is 6.75. The first-order valence-electron chi connectivity index (χ1n) is 16.8. The highest BCUT2D eigenvalue weighted by atomic mass is 28.4. The van der Waals surface area contributed by atoms with E-state index in [9.17, 15) is 9.59 Å². The minimum atomic E-state index is -2.26. The Hall–Kier alpha value is -1.53. The summed E-state index contributed by atoms with van der Waals surface area (Å²) in [6, 6.07) is 5.78. The van der Waals surface area contributed by atoms with Gasteiger partial charge in [-0.25, -0.2) is 4.79 Å². The third-order valence-corrected chi connectivity index (χ3v) is 24.0. The number of hydrogen-bond acceptors (Lipinski definition) is 6. The van der Waals surface area contributed by atoms with Gasteiger partial charge >= 0.3 is 5.97 Å². The number of ether oxygens (including phenoxy) is 1. The fourth-order valence-corrected chi connectivity index (χ4v) is 8.40. The standard InChI is InChI=1S/C36H64O6Si3/c1-34(2,3)43(10,11)40-29-21-16-19-27-20-17-23-31(42-45(14,15)36(7,8)9)32(27)33(38)39-28(22-18-24-37)25-30(26-29)41-44(12,13)35(4,5)6/h16-17,19-20,23-24,28-30H,18,21-22,25-26H2,1-15H3/b19-16+/t28-,29+,30-/m0/s1. The van der Waals surface area contributed by atoms with Crippen molar-refractivity contribution in [3.8, 4) is 5.75 Å². The monoisotopic (exact) mass is 676 g/mol. The van der Waals surface area contributed by atoms with E-state index in [0.717, 1.165) is 11.8 Å². The van der Waals surface area contributed by atoms with E-state index in [1.54, 1.807) is 0 Å². The molecule has 45 heavy (non-hydrogen) atoms. The largest absolute Gasteiger partial charge is 0.543 e. The Bertz CT molecular complexity index is 1180. The van der Waals surface area contributed by atoms with Gasteiger partial charge in [-0.15, -0.1) is 0 Å². The smallest absolute Gasteiger partial charge is 0.342 e. The van der Waals surface area contributed by atoms with Crippen molar-refractivity contribution in [2.45, 2.75) is 167 Å². The summed E-state index contributed by atoms with van der Waals surface area (Å²) in [4.78, 5) is 25.7. The number of esters is 1. The summed E-state index contributed by atoms with van der Waals surface area (Å²) in [5, 5.41) is 0.0209. The van der Waals surface area contributed by atoms with E-state index in [1.165, 1.54) is 0 Å². The molecule has 256 valence electrons. The fraction of sp³-hybridized carbons (Fsp3) is 0.722. The summed E-state index contributed by atoms with van der Waals surface area (Å²) >= 11 is 0. The van der Waals surface area contributed by atoms with Crippen LogP contribution in [0.25, 0.3) is 6.08 Å². The lowest BCUT2D eigenvalue weighted by Gasteiger charge is -2.43. The molecule has 0 amide bonds. The zero-order valence-corrected chi connectivity index (χ0v) is 34.2. The Labute approximate surface area is 278 Å². The van der Waals surface area contributed by atoms with Gasteiger partial charge in [0.2, 0.25) is 0 Å². The minimum Gasteiger partial charge on any atom is -0.543 e. The van der Waals surface area contributed by atoms with Gasteiger partial charge in [-0.2, -0.15) is 0 Å². The molecule has 0 bridgehead atoms. The number of fused-ring (bicyclic) bond motifs is 1. The van der Waals surface area contributed by atoms with Gasteiger partial charge in [0.25, 0.3) is 8.32 Å². The summed E-state index contributed by atoms with van der Waals surface area (Å²) < 4.78 is 27.2. The quantitative estimate of drug-likeness (QED) is 0.147. The average molecular weight is 677 g/mol. The molecule has 1 aliphatic rings. The zero-order valence-electron chi connectivity index (χ0n) is 31.2. The van der Waals surface area contributed by atoms with Crippen molar-refractivity contribution in [3.63, 3.8) is 0 Å². The fourth-order valence-electron chi connectivity index (χ4n) is 4.61. The second kappa shape index (κ2) is 14.7. The van der Waals surface area contributed by atoms with Crippen molar-refractivity contribution in [2.75, 3.05) is 0 Å². The molecule has 0 aliphatic carbocycles. The molecule has 1 heterocycles. The van der Waals surface area contributed by atoms with E-state index >= 15 is 0 Å². The Balaban J connectivity index is 2.71. The van der Waals surface area contributed by atoms with Crippen LogP contribution < -0.4 is 4.43 Å². The molecular formula is C36H64O6Si3. The molecular weight excluding hydrogens is 613 g/mol. The van der Waals surface area contributed by atoms with Crippen molar-refractivity contribution < 1.29 is 27.6 Å². The molecule has 0 saturated heterocycles. The maximum Gasteiger partial charge on any atom is 0.342 e. The van der Waals surface area contributed by atoms with Gasteiger partial charge in [0.1, 0.15) is 23.7 Å². The second-order valence-corrected chi connectivity index (χ2v) is 31.7. The molecule has 9 heteroatoms. The van der Waals surface area contributed by atoms with Crippen LogP contribution in [-0.2, 0) is 18.4 Å². The van der Waals surface area contributed by atoms with Gasteiger partial charge in [-0.05, 0) is 85.3 Å². The van der Waals surface area contributed by atoms with E-state index in [2.05, 4.69) is 108 Å². The van der Waals surface area contributed by atoms with Crippen LogP contribution in [0.3, 0.4) is 0 Å². The van der Waals surface area contributed by atoms with Gasteiger partial charge in [-0.1, -0.05) is 86.6 Å². The molecule has 6 nitrogen and oxygen atoms in total. The van der Waals surface area contributed by atoms with Crippen molar-refractivity contribution in [1.29, 1.82) is 0 Å². The van der Waals surface area contributed by atoms with Crippen LogP contribution in [0.1, 0.15) is 110 Å². The van der Waals surface area contributed by atoms with E-state index in [0.29, 0.717) is 43.4 Å². The summed E-state index contributed by atoms with van der Waals surface area (Å²) in [5.74, 6) is 0.142. The lowest BCUT2D eigenvalue weighted by molar-refractivity contribution is -0.108. The number of rotatable bonds is 9. The maximum absolute atomic E-state index is 14.1. The Kier molecular flexibility index (Phi) is 13.0. The number of aldehydes is 1. The first kappa shape index (κ1) is 39.6. The lowest BCUT2D eigenvalue weighted by atomic mass is 9.99. The number of hydrogen-bond donors (Lipinski definition) is 0. The molecule has 1 aromatic carbocycles. The Morgan fingerprint density at radius 3 is 1.84 bits per heavy atom. The number of carbonyl (C=O) groups is 2. The first-order chi connectivity index (χ1) is 20.3. The van der Waals surface area contributed by atoms with E-state index in [4.69, 9.17) is 18.0 Å². The van der Waals surface area contributed by atoms with Gasteiger partial charge in [0, 0.05) is 12.8 Å². The van der Waals surface area contributed by atoms with E-state index in [1.807, 2.05) is 24.3 Å². The zero-order chi connectivity index (χ0) is 34.6. The summed E-state index contributed by atoms with van der Waals surface area (Å²) in [7, 11) is -6.55. The van der Waals surface area contributed by atoms with Crippen molar-refractivity contribution in [2.24, 2.45) is 0 Å². The number of carbonyl (C=O) groups excluding carboxylic acids is 2. The first-order valence-corrected chi connectivity index (χ1v) is 25.5. The molecule has 2 rings (SSSR count). The molecule has 0 unspecified atom stereocenters. The number of cyclic esters (lactones) is 1. The summed E-state index contributed by atoms with van der Waals surface area (Å²) in [6.07, 6.45) is 6.98. The van der Waals surface area contributed by atoms with E-state index < -0.39 is 37.0 Å². The third-order valence-electron chi connectivity index (χ3n) is 10.6. The molecule has 0 fully saturated rings. The SMILES string of the molecule is CC(C)(C)[Si](C)(C)Oc1cccc2c1C(=O)O[C@@H](CCC=O)C[C@H](O[Si](C)(C)C(C)(C)C)C[C@H](O[Si](C)(C)C(C)(C)C)C/C=C/2. The second-order valence-electron chi connectivity index (χ2n) is 17.5. The van der Waals surface area contributed by atoms with Crippen LogP contribution >= 0.6 is 0 Å². The van der Waals surface area contributed by atoms with E-state index in [-0.39, 0.29) is 27.3 Å². The minimum absolute atomic E-state index is 0.0102. The Morgan fingerprint density at radius 1 is 0.800 bits per heavy atom. The van der Waals surface area contributed by atoms with Gasteiger partial charge in [0.05, 0.1) is 12.2 Å². The van der Waals surface area contributed by atoms with Gasteiger partial charge < -0.3 is 22.8 Å². The van der Waals surface area contributed by atoms with Gasteiger partial charge in [0.15, 0.2) is 16.6 Å². The van der Waals surface area contributed by atoms with Gasteiger partial charge in [-0.3, -0.25) is 0 Å². The average Bonchev–Trinajstić information content (AvgIpc) is 2.83. The Morgan fingerprint density at radius 2 is 1.33 bits per heavy atom. The van der Waals surface area contributed by atoms with Crippen LogP contribution in [0.2, 0.25) is 54.4 Å². The molecule has 3 atom stereocenters. The predicted octanol–water partition coefficient (Wildman–Crippen LogP) is 10.6. The molecule has 1 aromatic rings. The van der Waals surface area contributed by atoms with Crippen LogP contribution in [-0.4, -0.2) is 55.5 Å². The third kappa shape index (κ3) is 10.7. The molecule has 0 aromatic heterocycles. The lowest BCUT2D eigenvalue weighted by Crippen LogP contribution is -2.48. The van der Waals surface area contributed by atoms with Crippen LogP contribution in [0.4, 0.5) is 0 Å². The highest BCUT2D eigenvalue weighted by Crippen LogP contribution is 2.42. The molecule has 1 aliphatic heterocycles. The molecule has 0 radical (unpaired) electrons. The van der Waals surface area contributed by atoms with Crippen molar-refractivity contribution in [1.82, 2.24) is 0 Å². The molecule has 0 N–H and O–H groups in total. The molecule has 0 saturated carbocycles. The van der Waals surface area contributed by atoms with Crippen LogP contribution in [0.15, 0.2) is 24.3 Å². The highest BCUT2D eigenvalue weighted by Gasteiger charge is 2.43. The van der Waals surface area contributed by atoms with Crippen molar-refractivity contribution >= 4 is 43.3 Å². The number of benzene rings is 1. The normalized spacial score (nSPS) is 22.0. The topological polar surface area (TPSA) is 71.1 Å². The summed E-state index contributed by atoms with van der Waals surface area (Å²) in [6.45, 7) is 33.6. The van der Waals surface area contributed by atoms with Crippen LogP contribution in [0.5, 0.6) is 5.75 Å². The van der Waals surface area contributed by atoms with Crippen molar-refractivity contribution in [3.05, 3.63) is 35.4 Å². The molecule has 0 spiro atoms.